The number of hydrogen-bond donors (Lipinski definition) is 0. The first-order chi connectivity index (χ1) is 24.3. The molecule has 0 radical (unpaired) electrons. The summed E-state index contributed by atoms with van der Waals surface area (Å²) in [6.45, 7) is -0.472. The Kier molecular flexibility index (Phi) is 10.0. The highest BCUT2D eigenvalue weighted by atomic mass is 32.2. The van der Waals surface area contributed by atoms with Gasteiger partial charge in [-0.25, -0.2) is 14.7 Å². The lowest BCUT2D eigenvalue weighted by atomic mass is 9.99. The predicted molar refractivity (Wildman–Crippen MR) is 187 cm³/mol. The second-order valence-corrected chi connectivity index (χ2v) is 12.3. The Labute approximate surface area is 292 Å². The highest BCUT2D eigenvalue weighted by Gasteiger charge is 2.41. The van der Waals surface area contributed by atoms with Crippen LogP contribution in [-0.2, 0) is 14.3 Å². The maximum absolute atomic E-state index is 13.7. The Balaban J connectivity index is 1.20. The summed E-state index contributed by atoms with van der Waals surface area (Å²) in [6, 6.07) is 33.2. The maximum atomic E-state index is 13.7. The first kappa shape index (κ1) is 33.6. The second-order valence-electron chi connectivity index (χ2n) is 11.1. The third kappa shape index (κ3) is 7.11. The molecule has 2 heterocycles. The zero-order valence-corrected chi connectivity index (χ0v) is 27.8. The van der Waals surface area contributed by atoms with Crippen molar-refractivity contribution in [3.8, 4) is 40.0 Å². The van der Waals surface area contributed by atoms with Crippen LogP contribution in [0.15, 0.2) is 114 Å². The van der Waals surface area contributed by atoms with Gasteiger partial charge in [0.1, 0.15) is 22.6 Å². The number of amides is 2. The van der Waals surface area contributed by atoms with Crippen LogP contribution in [0.2, 0.25) is 0 Å². The van der Waals surface area contributed by atoms with Crippen molar-refractivity contribution >= 4 is 41.0 Å². The Bertz CT molecular complexity index is 2130. The molecule has 1 fully saturated rings. The molecule has 0 bridgehead atoms. The maximum Gasteiger partial charge on any atom is 0.338 e. The van der Waals surface area contributed by atoms with Gasteiger partial charge >= 0.3 is 5.97 Å². The number of pyridine rings is 1. The summed E-state index contributed by atoms with van der Waals surface area (Å²) in [6.07, 6.45) is -0.111. The van der Waals surface area contributed by atoms with E-state index in [1.54, 1.807) is 43.5 Å². The van der Waals surface area contributed by atoms with E-state index in [0.717, 1.165) is 27.8 Å². The predicted octanol–water partition coefficient (Wildman–Crippen LogP) is 6.77. The van der Waals surface area contributed by atoms with Crippen LogP contribution >= 0.6 is 11.8 Å². The summed E-state index contributed by atoms with van der Waals surface area (Å²) in [5, 5.41) is 9.80. The van der Waals surface area contributed by atoms with E-state index in [1.807, 2.05) is 48.5 Å². The molecule has 0 N–H and O–H groups in total. The number of imide groups is 1. The average molecular weight is 684 g/mol. The van der Waals surface area contributed by atoms with Crippen molar-refractivity contribution in [2.45, 2.75) is 16.7 Å². The molecule has 6 rings (SSSR count). The Morgan fingerprint density at radius 2 is 1.56 bits per heavy atom. The fraction of sp³-hybridized carbons (Fsp3) is 0.128. The summed E-state index contributed by atoms with van der Waals surface area (Å²) < 4.78 is 15.6. The number of carbonyl (C=O) groups excluding carboxylic acids is 4. The van der Waals surface area contributed by atoms with Crippen molar-refractivity contribution in [2.24, 2.45) is 0 Å². The quantitative estimate of drug-likeness (QED) is 0.0834. The first-order valence-electron chi connectivity index (χ1n) is 15.4. The van der Waals surface area contributed by atoms with E-state index < -0.39 is 35.4 Å². The van der Waals surface area contributed by atoms with E-state index in [0.29, 0.717) is 33.3 Å². The monoisotopic (exact) mass is 683 g/mol. The highest BCUT2D eigenvalue weighted by molar-refractivity contribution is 8.00. The molecule has 0 aliphatic carbocycles. The number of benzene rings is 4. The van der Waals surface area contributed by atoms with E-state index in [9.17, 15) is 24.4 Å². The van der Waals surface area contributed by atoms with Gasteiger partial charge in [-0.15, -0.1) is 0 Å². The standard InChI is InChI=1S/C39H29N3O7S/c1-47-29-17-13-24(14-18-29)31-20-33(25-7-4-3-5-8-25)41-37(32(31)22-40)50-35-21-36(44)42(38(35)45)28-15-11-26(12-16-28)39(46)49-23-34(43)27-9-6-10-30(19-27)48-2/h3-20,35H,21,23H2,1-2H3. The van der Waals surface area contributed by atoms with Crippen LogP contribution in [-0.4, -0.2) is 54.6 Å². The number of anilines is 1. The molecular weight excluding hydrogens is 655 g/mol. The van der Waals surface area contributed by atoms with E-state index in [2.05, 4.69) is 6.07 Å². The van der Waals surface area contributed by atoms with Crippen LogP contribution in [0.5, 0.6) is 11.5 Å². The molecule has 1 aliphatic heterocycles. The minimum absolute atomic E-state index is 0.111. The first-order valence-corrected chi connectivity index (χ1v) is 16.3. The Morgan fingerprint density at radius 1 is 0.840 bits per heavy atom. The fourth-order valence-corrected chi connectivity index (χ4v) is 6.54. The summed E-state index contributed by atoms with van der Waals surface area (Å²) in [4.78, 5) is 58.0. The number of hydrogen-bond acceptors (Lipinski definition) is 10. The second kappa shape index (κ2) is 14.9. The summed E-state index contributed by atoms with van der Waals surface area (Å²) in [5.74, 6) is -0.864. The number of ketones is 1. The molecule has 1 aromatic heterocycles. The zero-order chi connectivity index (χ0) is 35.2. The lowest BCUT2D eigenvalue weighted by molar-refractivity contribution is -0.121. The van der Waals surface area contributed by atoms with Crippen LogP contribution in [0.4, 0.5) is 5.69 Å². The third-order valence-corrected chi connectivity index (χ3v) is 9.19. The molecule has 1 unspecified atom stereocenters. The highest BCUT2D eigenvalue weighted by Crippen LogP contribution is 2.39. The minimum atomic E-state index is -0.843. The third-order valence-electron chi connectivity index (χ3n) is 8.02. The van der Waals surface area contributed by atoms with Gasteiger partial charge in [0.05, 0.1) is 42.0 Å². The number of thioether (sulfide) groups is 1. The zero-order valence-electron chi connectivity index (χ0n) is 27.0. The van der Waals surface area contributed by atoms with Crippen molar-refractivity contribution in [1.82, 2.24) is 4.98 Å². The summed E-state index contributed by atoms with van der Waals surface area (Å²) >= 11 is 1.07. The van der Waals surface area contributed by atoms with Gasteiger partial charge in [-0.05, 0) is 60.2 Å². The molecular formula is C39H29N3O7S. The number of carbonyl (C=O) groups is 4. The van der Waals surface area contributed by atoms with Crippen molar-refractivity contribution in [2.75, 3.05) is 25.7 Å². The topological polar surface area (TPSA) is 136 Å². The minimum Gasteiger partial charge on any atom is -0.497 e. The van der Waals surface area contributed by atoms with Gasteiger partial charge < -0.3 is 14.2 Å². The summed E-state index contributed by atoms with van der Waals surface area (Å²) in [5.41, 5.74) is 3.88. The Hall–Kier alpha value is -6.25. The molecule has 1 aliphatic rings. The van der Waals surface area contributed by atoms with Crippen molar-refractivity contribution in [3.63, 3.8) is 0 Å². The van der Waals surface area contributed by atoms with Gasteiger partial charge in [0.2, 0.25) is 11.8 Å². The number of Topliss-reactive ketones (excluding diaryl/α,β-unsaturated/α-hetero) is 1. The molecule has 2 amide bonds. The molecule has 5 aromatic rings. The van der Waals surface area contributed by atoms with Crippen LogP contribution < -0.4 is 14.4 Å². The van der Waals surface area contributed by atoms with Gasteiger partial charge in [0, 0.05) is 23.1 Å². The van der Waals surface area contributed by atoms with Crippen LogP contribution in [0.1, 0.15) is 32.7 Å². The number of nitrogens with zero attached hydrogens (tertiary/aromatic N) is 3. The van der Waals surface area contributed by atoms with Gasteiger partial charge in [-0.1, -0.05) is 66.4 Å². The van der Waals surface area contributed by atoms with Gasteiger partial charge in [-0.2, -0.15) is 5.26 Å². The fourth-order valence-electron chi connectivity index (χ4n) is 5.41. The van der Waals surface area contributed by atoms with E-state index in [-0.39, 0.29) is 23.2 Å². The molecule has 248 valence electrons. The van der Waals surface area contributed by atoms with Crippen molar-refractivity contribution in [3.05, 3.63) is 126 Å². The lowest BCUT2D eigenvalue weighted by Crippen LogP contribution is -2.31. The van der Waals surface area contributed by atoms with Crippen LogP contribution in [0.25, 0.3) is 22.4 Å². The van der Waals surface area contributed by atoms with E-state index >= 15 is 0 Å². The molecule has 0 spiro atoms. The average Bonchev–Trinajstić information content (AvgIpc) is 3.44. The molecule has 4 aromatic carbocycles. The number of esters is 1. The number of nitriles is 1. The normalized spacial score (nSPS) is 13.9. The number of rotatable bonds is 11. The number of aromatic nitrogens is 1. The Morgan fingerprint density at radius 3 is 2.24 bits per heavy atom. The van der Waals surface area contributed by atoms with Crippen molar-refractivity contribution in [1.29, 1.82) is 5.26 Å². The summed E-state index contributed by atoms with van der Waals surface area (Å²) in [7, 11) is 3.06. The molecule has 1 atom stereocenters. The molecule has 11 heteroatoms. The lowest BCUT2D eigenvalue weighted by Gasteiger charge is -2.16. The SMILES string of the molecule is COc1ccc(-c2cc(-c3ccccc3)nc(SC3CC(=O)N(c4ccc(C(=O)OCC(=O)c5cccc(OC)c5)cc4)C3=O)c2C#N)cc1. The van der Waals surface area contributed by atoms with Gasteiger partial charge in [0.15, 0.2) is 12.4 Å². The largest absolute Gasteiger partial charge is 0.497 e. The number of methoxy groups -OCH3 is 2. The smallest absolute Gasteiger partial charge is 0.338 e. The van der Waals surface area contributed by atoms with Crippen LogP contribution in [0, 0.1) is 11.3 Å². The van der Waals surface area contributed by atoms with Gasteiger partial charge in [-0.3, -0.25) is 14.4 Å². The van der Waals surface area contributed by atoms with Gasteiger partial charge in [0.25, 0.3) is 0 Å². The van der Waals surface area contributed by atoms with Crippen molar-refractivity contribution < 1.29 is 33.4 Å². The van der Waals surface area contributed by atoms with E-state index in [4.69, 9.17) is 19.2 Å². The number of ether oxygens (including phenoxy) is 3. The molecule has 50 heavy (non-hydrogen) atoms. The van der Waals surface area contributed by atoms with E-state index in [1.165, 1.54) is 31.4 Å². The molecule has 1 saturated heterocycles. The molecule has 0 saturated carbocycles. The molecule has 10 nitrogen and oxygen atoms in total. The van der Waals surface area contributed by atoms with Crippen LogP contribution in [0.3, 0.4) is 0 Å².